The van der Waals surface area contributed by atoms with Crippen LogP contribution in [-0.2, 0) is 0 Å². The summed E-state index contributed by atoms with van der Waals surface area (Å²) in [5.74, 6) is 0. The Hall–Kier alpha value is -2.58. The number of benzene rings is 5. The van der Waals surface area contributed by atoms with E-state index in [2.05, 4.69) is 132 Å². The summed E-state index contributed by atoms with van der Waals surface area (Å²) in [6, 6.07) is 33.7. The van der Waals surface area contributed by atoms with Gasteiger partial charge in [-0.25, -0.2) is 0 Å². The monoisotopic (exact) mass is 636 g/mol. The largest absolute Gasteiger partial charge is 0.422 e. The molecule has 4 aliphatic heterocycles. The molecule has 0 unspecified atom stereocenters. The Bertz CT molecular complexity index is 1730. The van der Waals surface area contributed by atoms with Crippen LogP contribution < -0.4 is 15.1 Å². The molecule has 2 nitrogen and oxygen atoms in total. The zero-order chi connectivity index (χ0) is 24.4. The van der Waals surface area contributed by atoms with Crippen molar-refractivity contribution in [3.63, 3.8) is 0 Å². The summed E-state index contributed by atoms with van der Waals surface area (Å²) in [4.78, 5) is 10.4. The molecular weight excluding hydrogens is 623 g/mol. The van der Waals surface area contributed by atoms with Crippen molar-refractivity contribution in [1.82, 2.24) is 0 Å². The first-order valence-electron chi connectivity index (χ1n) is 12.1. The molecule has 0 amide bonds. The van der Waals surface area contributed by atoms with Crippen LogP contribution in [0.15, 0.2) is 120 Å². The number of nitrogens with zero attached hydrogens (tertiary/aromatic N) is 2. The van der Waals surface area contributed by atoms with Crippen LogP contribution >= 0.6 is 55.4 Å². The zero-order valence-electron chi connectivity index (χ0n) is 19.2. The molecular formula is C30H15BBr2N2S2. The molecule has 0 bridgehead atoms. The molecule has 0 spiro atoms. The van der Waals surface area contributed by atoms with Crippen LogP contribution in [0.4, 0.5) is 22.7 Å². The van der Waals surface area contributed by atoms with Crippen molar-refractivity contribution in [1.29, 1.82) is 0 Å². The molecule has 4 heterocycles. The number of anilines is 4. The predicted octanol–water partition coefficient (Wildman–Crippen LogP) is 9.47. The second-order valence-corrected chi connectivity index (χ2v) is 13.6. The van der Waals surface area contributed by atoms with E-state index in [9.17, 15) is 0 Å². The summed E-state index contributed by atoms with van der Waals surface area (Å²) in [5, 5.41) is 0. The third-order valence-electron chi connectivity index (χ3n) is 7.68. The van der Waals surface area contributed by atoms with E-state index in [0.29, 0.717) is 0 Å². The standard InChI is InChI=1S/C30H15BBr2N2S2/c32-16-12-20-18-6-5-7-19-21-13-17(33)15-27-30(21)35(23-9-2-4-11-25(23)37-27)31(28(18)19)34-22-8-1-3-10-24(22)36-26(14-16)29(20)34/h1-15H. The molecule has 0 aliphatic carbocycles. The number of halogens is 2. The summed E-state index contributed by atoms with van der Waals surface area (Å²) < 4.78 is 2.23. The van der Waals surface area contributed by atoms with Gasteiger partial charge in [0, 0.05) is 51.0 Å². The Morgan fingerprint density at radius 1 is 0.514 bits per heavy atom. The molecule has 5 aromatic rings. The molecule has 0 saturated heterocycles. The van der Waals surface area contributed by atoms with Gasteiger partial charge in [0.15, 0.2) is 0 Å². The maximum Gasteiger partial charge on any atom is 0.422 e. The van der Waals surface area contributed by atoms with Gasteiger partial charge in [-0.3, -0.25) is 0 Å². The number of fused-ring (bicyclic) bond motifs is 8. The van der Waals surface area contributed by atoms with Crippen molar-refractivity contribution in [2.75, 3.05) is 9.62 Å². The van der Waals surface area contributed by atoms with Gasteiger partial charge < -0.3 is 9.62 Å². The maximum atomic E-state index is 3.83. The van der Waals surface area contributed by atoms with Crippen LogP contribution in [0.5, 0.6) is 0 Å². The van der Waals surface area contributed by atoms with E-state index in [0.717, 1.165) is 8.95 Å². The van der Waals surface area contributed by atoms with Gasteiger partial charge in [0.2, 0.25) is 0 Å². The van der Waals surface area contributed by atoms with Crippen LogP contribution in [0.2, 0.25) is 0 Å². The van der Waals surface area contributed by atoms with Gasteiger partial charge in [-0.2, -0.15) is 0 Å². The van der Waals surface area contributed by atoms with E-state index in [1.165, 1.54) is 70.0 Å². The van der Waals surface area contributed by atoms with Gasteiger partial charge in [0.25, 0.3) is 0 Å². The van der Waals surface area contributed by atoms with Gasteiger partial charge in [0.1, 0.15) is 0 Å². The summed E-state index contributed by atoms with van der Waals surface area (Å²) in [6.07, 6.45) is 0. The molecule has 9 rings (SSSR count). The van der Waals surface area contributed by atoms with E-state index in [4.69, 9.17) is 0 Å². The quantitative estimate of drug-likeness (QED) is 0.156. The van der Waals surface area contributed by atoms with E-state index in [-0.39, 0.29) is 6.98 Å². The van der Waals surface area contributed by atoms with E-state index < -0.39 is 0 Å². The highest BCUT2D eigenvalue weighted by atomic mass is 79.9. The van der Waals surface area contributed by atoms with E-state index in [1.54, 1.807) is 0 Å². The van der Waals surface area contributed by atoms with Crippen molar-refractivity contribution in [3.05, 3.63) is 99.9 Å². The topological polar surface area (TPSA) is 6.48 Å². The molecule has 174 valence electrons. The van der Waals surface area contributed by atoms with Crippen molar-refractivity contribution in [3.8, 4) is 22.3 Å². The number of hydrogen-bond donors (Lipinski definition) is 0. The summed E-state index contributed by atoms with van der Waals surface area (Å²) in [5.41, 5.74) is 11.7. The minimum absolute atomic E-state index is 0.00940. The van der Waals surface area contributed by atoms with Crippen molar-refractivity contribution >= 4 is 90.6 Å². The summed E-state index contributed by atoms with van der Waals surface area (Å²) >= 11 is 11.4. The summed E-state index contributed by atoms with van der Waals surface area (Å²) in [6.45, 7) is 0.00940. The van der Waals surface area contributed by atoms with Crippen LogP contribution in [0, 0.1) is 0 Å². The second kappa shape index (κ2) is 7.51. The number of rotatable bonds is 0. The summed E-state index contributed by atoms with van der Waals surface area (Å²) in [7, 11) is 0. The first-order chi connectivity index (χ1) is 18.2. The average molecular weight is 638 g/mol. The Balaban J connectivity index is 1.47. The Labute approximate surface area is 240 Å². The van der Waals surface area contributed by atoms with Crippen molar-refractivity contribution in [2.24, 2.45) is 0 Å². The lowest BCUT2D eigenvalue weighted by molar-refractivity contribution is 1.14. The van der Waals surface area contributed by atoms with Crippen LogP contribution in [0.25, 0.3) is 22.3 Å². The fourth-order valence-electron chi connectivity index (χ4n) is 6.37. The number of hydrogen-bond acceptors (Lipinski definition) is 4. The molecule has 0 fully saturated rings. The SMILES string of the molecule is Brc1cc2c3c(c1)-c1cccc4c1B(N3c1ccccc1S2)N1c2ccccc2Sc2cc(Br)cc-4c21. The minimum Gasteiger partial charge on any atom is -0.359 e. The molecule has 0 radical (unpaired) electrons. The molecule has 7 heteroatoms. The van der Waals surface area contributed by atoms with E-state index in [1.807, 2.05) is 23.5 Å². The lowest BCUT2D eigenvalue weighted by Crippen LogP contribution is -2.62. The lowest BCUT2D eigenvalue weighted by atomic mass is 9.53. The molecule has 0 atom stereocenters. The van der Waals surface area contributed by atoms with Crippen LogP contribution in [-0.4, -0.2) is 6.98 Å². The first kappa shape index (κ1) is 21.4. The third-order valence-corrected chi connectivity index (χ3v) is 10.8. The maximum absolute atomic E-state index is 3.83. The lowest BCUT2D eigenvalue weighted by Gasteiger charge is -2.51. The molecule has 37 heavy (non-hydrogen) atoms. The first-order valence-corrected chi connectivity index (χ1v) is 15.3. The van der Waals surface area contributed by atoms with Crippen molar-refractivity contribution < 1.29 is 0 Å². The molecule has 0 aromatic heterocycles. The van der Waals surface area contributed by atoms with Crippen LogP contribution in [0.3, 0.4) is 0 Å². The van der Waals surface area contributed by atoms with Gasteiger partial charge in [-0.05, 0) is 65.1 Å². The van der Waals surface area contributed by atoms with Crippen LogP contribution in [0.1, 0.15) is 0 Å². The molecule has 0 N–H and O–H groups in total. The Morgan fingerprint density at radius 3 is 1.51 bits per heavy atom. The van der Waals surface area contributed by atoms with E-state index >= 15 is 0 Å². The average Bonchev–Trinajstić information content (AvgIpc) is 2.91. The van der Waals surface area contributed by atoms with Gasteiger partial charge in [-0.1, -0.05) is 97.8 Å². The minimum atomic E-state index is 0.00940. The van der Waals surface area contributed by atoms with Gasteiger partial charge in [0.05, 0.1) is 11.4 Å². The second-order valence-electron chi connectivity index (χ2n) is 9.62. The smallest absolute Gasteiger partial charge is 0.359 e. The highest BCUT2D eigenvalue weighted by molar-refractivity contribution is 9.10. The van der Waals surface area contributed by atoms with Gasteiger partial charge >= 0.3 is 6.98 Å². The normalized spacial score (nSPS) is 14.9. The molecule has 0 saturated carbocycles. The fourth-order valence-corrected chi connectivity index (χ4v) is 9.88. The molecule has 4 aliphatic rings. The van der Waals surface area contributed by atoms with Gasteiger partial charge in [-0.15, -0.1) is 0 Å². The highest BCUT2D eigenvalue weighted by Crippen LogP contribution is 2.60. The predicted molar refractivity (Wildman–Crippen MR) is 164 cm³/mol. The van der Waals surface area contributed by atoms with Crippen molar-refractivity contribution in [2.45, 2.75) is 19.6 Å². The zero-order valence-corrected chi connectivity index (χ0v) is 24.0. The Kier molecular flexibility index (Phi) is 4.33. The Morgan fingerprint density at radius 2 is 1.00 bits per heavy atom. The molecule has 5 aromatic carbocycles. The third kappa shape index (κ3) is 2.76. The number of para-hydroxylation sites is 2. The fraction of sp³-hybridized carbons (Fsp3) is 0. The highest BCUT2D eigenvalue weighted by Gasteiger charge is 2.51.